The zero-order valence-corrected chi connectivity index (χ0v) is 19.6. The summed E-state index contributed by atoms with van der Waals surface area (Å²) in [6.07, 6.45) is 5.10. The number of benzene rings is 2. The molecule has 2 heterocycles. The van der Waals surface area contributed by atoms with E-state index in [2.05, 4.69) is 29.3 Å². The molecular formula is C27H36N2O4. The van der Waals surface area contributed by atoms with Gasteiger partial charge in [0.2, 0.25) is 5.91 Å². The quantitative estimate of drug-likeness (QED) is 0.532. The molecule has 6 heteroatoms. The first kappa shape index (κ1) is 23.7. The number of carbonyl (C=O) groups is 1. The maximum atomic E-state index is 12.7. The van der Waals surface area contributed by atoms with E-state index in [1.54, 1.807) is 0 Å². The monoisotopic (exact) mass is 452 g/mol. The van der Waals surface area contributed by atoms with E-state index in [0.29, 0.717) is 19.7 Å². The summed E-state index contributed by atoms with van der Waals surface area (Å²) < 4.78 is 18.3. The van der Waals surface area contributed by atoms with E-state index in [-0.39, 0.29) is 17.6 Å². The van der Waals surface area contributed by atoms with E-state index >= 15 is 0 Å². The number of likely N-dealkylation sites (tertiary alicyclic amines) is 1. The van der Waals surface area contributed by atoms with Crippen LogP contribution in [0.2, 0.25) is 0 Å². The van der Waals surface area contributed by atoms with Gasteiger partial charge in [-0.05, 0) is 55.5 Å². The normalized spacial score (nSPS) is 23.0. The Bertz CT molecular complexity index is 865. The van der Waals surface area contributed by atoms with Gasteiger partial charge in [-0.2, -0.15) is 0 Å². The number of anilines is 1. The Kier molecular flexibility index (Phi) is 8.37. The van der Waals surface area contributed by atoms with Gasteiger partial charge >= 0.3 is 0 Å². The molecule has 1 N–H and O–H groups in total. The third kappa shape index (κ3) is 6.56. The van der Waals surface area contributed by atoms with Crippen LogP contribution < -0.4 is 10.1 Å². The van der Waals surface area contributed by atoms with Crippen LogP contribution in [0.5, 0.6) is 5.75 Å². The first-order chi connectivity index (χ1) is 16.2. The molecule has 0 unspecified atom stereocenters. The van der Waals surface area contributed by atoms with Crippen LogP contribution in [0.1, 0.15) is 44.6 Å². The number of nitrogens with zero attached hydrogens (tertiary/aromatic N) is 1. The van der Waals surface area contributed by atoms with Crippen LogP contribution in [-0.4, -0.2) is 55.4 Å². The fourth-order valence-corrected chi connectivity index (χ4v) is 4.66. The van der Waals surface area contributed by atoms with Crippen molar-refractivity contribution in [1.29, 1.82) is 0 Å². The Morgan fingerprint density at radius 2 is 1.97 bits per heavy atom. The largest absolute Gasteiger partial charge is 0.494 e. The minimum Gasteiger partial charge on any atom is -0.494 e. The van der Waals surface area contributed by atoms with Crippen molar-refractivity contribution in [3.05, 3.63) is 60.2 Å². The first-order valence-corrected chi connectivity index (χ1v) is 12.2. The van der Waals surface area contributed by atoms with Crippen molar-refractivity contribution >= 4 is 11.6 Å². The van der Waals surface area contributed by atoms with Gasteiger partial charge in [0.15, 0.2) is 0 Å². The molecule has 0 bridgehead atoms. The zero-order valence-electron chi connectivity index (χ0n) is 19.6. The van der Waals surface area contributed by atoms with Gasteiger partial charge in [-0.1, -0.05) is 43.7 Å². The third-order valence-electron chi connectivity index (χ3n) is 6.56. The number of hydrogen-bond donors (Lipinski definition) is 1. The molecule has 2 aromatic carbocycles. The number of ether oxygens (including phenoxy) is 3. The number of unbranched alkanes of at least 4 members (excludes halogenated alkanes) is 1. The average molecular weight is 453 g/mol. The van der Waals surface area contributed by atoms with E-state index in [1.165, 1.54) is 0 Å². The van der Waals surface area contributed by atoms with Gasteiger partial charge in [-0.25, -0.2) is 0 Å². The minimum absolute atomic E-state index is 0.0141. The predicted octanol–water partition coefficient (Wildman–Crippen LogP) is 4.64. The van der Waals surface area contributed by atoms with Crippen LogP contribution in [0.3, 0.4) is 0 Å². The number of hydrogen-bond acceptors (Lipinski definition) is 5. The van der Waals surface area contributed by atoms with Crippen molar-refractivity contribution in [3.63, 3.8) is 0 Å². The SMILES string of the molecule is CCCCOc1ccc(NC(=O)CN2CC[C@]3(CCCO3)[C@H](OCc3ccccc3)C2)cc1. The number of carbonyl (C=O) groups excluding carboxylic acids is 1. The molecule has 2 aliphatic rings. The van der Waals surface area contributed by atoms with Gasteiger partial charge in [0.05, 0.1) is 31.5 Å². The van der Waals surface area contributed by atoms with Crippen molar-refractivity contribution in [1.82, 2.24) is 4.90 Å². The second kappa shape index (κ2) is 11.6. The van der Waals surface area contributed by atoms with Gasteiger partial charge < -0.3 is 19.5 Å². The molecule has 0 aromatic heterocycles. The molecule has 4 rings (SSSR count). The summed E-state index contributed by atoms with van der Waals surface area (Å²) in [6.45, 7) is 6.09. The van der Waals surface area contributed by atoms with E-state index in [0.717, 1.165) is 68.9 Å². The molecular weight excluding hydrogens is 416 g/mol. The topological polar surface area (TPSA) is 60.0 Å². The highest BCUT2D eigenvalue weighted by Gasteiger charge is 2.47. The molecule has 178 valence electrons. The van der Waals surface area contributed by atoms with E-state index in [4.69, 9.17) is 14.2 Å². The Morgan fingerprint density at radius 1 is 1.15 bits per heavy atom. The first-order valence-electron chi connectivity index (χ1n) is 12.2. The molecule has 6 nitrogen and oxygen atoms in total. The summed E-state index contributed by atoms with van der Waals surface area (Å²) in [5.41, 5.74) is 1.73. The van der Waals surface area contributed by atoms with Crippen LogP contribution in [-0.2, 0) is 20.9 Å². The third-order valence-corrected chi connectivity index (χ3v) is 6.56. The molecule has 1 spiro atoms. The summed E-state index contributed by atoms with van der Waals surface area (Å²) >= 11 is 0. The summed E-state index contributed by atoms with van der Waals surface area (Å²) in [5, 5.41) is 3.01. The Morgan fingerprint density at radius 3 is 2.70 bits per heavy atom. The summed E-state index contributed by atoms with van der Waals surface area (Å²) in [7, 11) is 0. The maximum Gasteiger partial charge on any atom is 0.238 e. The molecule has 2 aromatic rings. The second-order valence-electron chi connectivity index (χ2n) is 9.06. The molecule has 2 fully saturated rings. The zero-order chi connectivity index (χ0) is 22.9. The van der Waals surface area contributed by atoms with Crippen molar-refractivity contribution in [2.45, 2.75) is 57.3 Å². The Hall–Kier alpha value is -2.41. The van der Waals surface area contributed by atoms with Gasteiger partial charge in [-0.15, -0.1) is 0 Å². The Balaban J connectivity index is 1.30. The Labute approximate surface area is 197 Å². The van der Waals surface area contributed by atoms with Crippen molar-refractivity contribution < 1.29 is 19.0 Å². The van der Waals surface area contributed by atoms with Gasteiger partial charge in [0, 0.05) is 25.4 Å². The smallest absolute Gasteiger partial charge is 0.238 e. The summed E-state index contributed by atoms with van der Waals surface area (Å²) in [6, 6.07) is 17.8. The van der Waals surface area contributed by atoms with E-state index in [9.17, 15) is 4.79 Å². The lowest BCUT2D eigenvalue weighted by molar-refractivity contribution is -0.159. The second-order valence-corrected chi connectivity index (χ2v) is 9.06. The van der Waals surface area contributed by atoms with Crippen molar-refractivity contribution in [3.8, 4) is 5.75 Å². The summed E-state index contributed by atoms with van der Waals surface area (Å²) in [4.78, 5) is 14.9. The average Bonchev–Trinajstić information content (AvgIpc) is 3.31. The van der Waals surface area contributed by atoms with Gasteiger partial charge in [0.25, 0.3) is 0 Å². The highest BCUT2D eigenvalue weighted by Crippen LogP contribution is 2.38. The molecule has 1 amide bonds. The number of piperidine rings is 1. The van der Waals surface area contributed by atoms with E-state index in [1.807, 2.05) is 42.5 Å². The van der Waals surface area contributed by atoms with E-state index < -0.39 is 0 Å². The predicted molar refractivity (Wildman–Crippen MR) is 129 cm³/mol. The molecule has 33 heavy (non-hydrogen) atoms. The van der Waals surface area contributed by atoms with Gasteiger partial charge in [0.1, 0.15) is 5.75 Å². The molecule has 0 aliphatic carbocycles. The fourth-order valence-electron chi connectivity index (χ4n) is 4.66. The fraction of sp³-hybridized carbons (Fsp3) is 0.519. The van der Waals surface area contributed by atoms with Crippen molar-refractivity contribution in [2.75, 3.05) is 38.2 Å². The van der Waals surface area contributed by atoms with Gasteiger partial charge in [-0.3, -0.25) is 9.69 Å². The lowest BCUT2D eigenvalue weighted by atomic mass is 9.85. The molecule has 2 saturated heterocycles. The standard InChI is InChI=1S/C27H36N2O4/c1-2-3-17-31-24-12-10-23(11-13-24)28-26(30)20-29-16-15-27(14-7-18-33-27)25(19-29)32-21-22-8-5-4-6-9-22/h4-6,8-13,25H,2-3,7,14-21H2,1H3,(H,28,30)/t25-,27-/m1/s1. The highest BCUT2D eigenvalue weighted by molar-refractivity contribution is 5.92. The number of rotatable bonds is 10. The van der Waals surface area contributed by atoms with Crippen LogP contribution in [0, 0.1) is 0 Å². The molecule has 2 aliphatic heterocycles. The minimum atomic E-state index is -0.213. The van der Waals surface area contributed by atoms with Crippen LogP contribution >= 0.6 is 0 Å². The number of nitrogens with one attached hydrogen (secondary N) is 1. The van der Waals surface area contributed by atoms with Crippen LogP contribution in [0.15, 0.2) is 54.6 Å². The van der Waals surface area contributed by atoms with Crippen LogP contribution in [0.4, 0.5) is 5.69 Å². The maximum absolute atomic E-state index is 12.7. The van der Waals surface area contributed by atoms with Crippen molar-refractivity contribution in [2.24, 2.45) is 0 Å². The lowest BCUT2D eigenvalue weighted by Crippen LogP contribution is -2.57. The lowest BCUT2D eigenvalue weighted by Gasteiger charge is -2.44. The highest BCUT2D eigenvalue weighted by atomic mass is 16.6. The summed E-state index contributed by atoms with van der Waals surface area (Å²) in [5.74, 6) is 0.817. The molecule has 0 saturated carbocycles. The van der Waals surface area contributed by atoms with Crippen LogP contribution in [0.25, 0.3) is 0 Å². The molecule has 2 atom stereocenters. The molecule has 0 radical (unpaired) electrons. The number of amides is 1.